The van der Waals surface area contributed by atoms with Crippen LogP contribution in [-0.4, -0.2) is 55.8 Å². The fraction of sp³-hybridized carbons (Fsp3) is 0.375. The molecule has 0 saturated carbocycles. The van der Waals surface area contributed by atoms with Crippen molar-refractivity contribution in [1.82, 2.24) is 19.7 Å². The fourth-order valence-corrected chi connectivity index (χ4v) is 6.15. The summed E-state index contributed by atoms with van der Waals surface area (Å²) in [5.41, 5.74) is 11.7. The van der Waals surface area contributed by atoms with Gasteiger partial charge in [0.05, 0.1) is 39.7 Å². The topological polar surface area (TPSA) is 140 Å². The van der Waals surface area contributed by atoms with Gasteiger partial charge >= 0.3 is 0 Å². The summed E-state index contributed by atoms with van der Waals surface area (Å²) in [7, 11) is 0. The van der Waals surface area contributed by atoms with Crippen molar-refractivity contribution < 1.29 is 19.3 Å². The lowest BCUT2D eigenvalue weighted by Crippen LogP contribution is -2.58. The van der Waals surface area contributed by atoms with Crippen molar-refractivity contribution in [3.63, 3.8) is 0 Å². The first-order valence-corrected chi connectivity index (χ1v) is 13.2. The zero-order valence-electron chi connectivity index (χ0n) is 19.8. The minimum absolute atomic E-state index is 0.188. The Morgan fingerprint density at radius 1 is 1.19 bits per heavy atom. The first-order valence-electron chi connectivity index (χ1n) is 11.6. The van der Waals surface area contributed by atoms with Crippen LogP contribution in [0.1, 0.15) is 34.6 Å². The van der Waals surface area contributed by atoms with E-state index in [1.54, 1.807) is 22.9 Å². The number of aliphatic hydroxyl groups is 1. The summed E-state index contributed by atoms with van der Waals surface area (Å²) in [4.78, 5) is 12.1. The van der Waals surface area contributed by atoms with E-state index in [0.717, 1.165) is 30.9 Å². The number of aliphatic hydroxyl groups excluding tert-OH is 1. The van der Waals surface area contributed by atoms with Gasteiger partial charge in [-0.1, -0.05) is 35.4 Å². The first-order chi connectivity index (χ1) is 17.9. The van der Waals surface area contributed by atoms with Gasteiger partial charge in [0, 0.05) is 14.9 Å². The fourth-order valence-electron chi connectivity index (χ4n) is 4.81. The van der Waals surface area contributed by atoms with Gasteiger partial charge in [-0.05, 0) is 47.4 Å². The van der Waals surface area contributed by atoms with E-state index in [1.165, 1.54) is 0 Å². The van der Waals surface area contributed by atoms with E-state index < -0.39 is 36.7 Å². The molecule has 37 heavy (non-hydrogen) atoms. The average Bonchev–Trinajstić information content (AvgIpc) is 3.46. The van der Waals surface area contributed by atoms with Gasteiger partial charge in [-0.2, -0.15) is 5.10 Å². The van der Waals surface area contributed by atoms with Gasteiger partial charge in [0.25, 0.3) is 0 Å². The lowest BCUT2D eigenvalue weighted by Gasteiger charge is -2.46. The van der Waals surface area contributed by atoms with Crippen LogP contribution in [0.25, 0.3) is 26.3 Å². The zero-order chi connectivity index (χ0) is 25.7. The maximum absolute atomic E-state index is 11.4. The van der Waals surface area contributed by atoms with Crippen LogP contribution in [-0.2, 0) is 14.2 Å². The molecule has 2 fully saturated rings. The molecule has 2 aromatic heterocycles. The summed E-state index contributed by atoms with van der Waals surface area (Å²) < 4.78 is 21.8. The van der Waals surface area contributed by atoms with Gasteiger partial charge in [-0.3, -0.25) is 0 Å². The Morgan fingerprint density at radius 3 is 2.78 bits per heavy atom. The second kappa shape index (κ2) is 9.76. The highest BCUT2D eigenvalue weighted by Crippen LogP contribution is 2.41. The van der Waals surface area contributed by atoms with Gasteiger partial charge in [0.15, 0.2) is 12.1 Å². The van der Waals surface area contributed by atoms with Crippen molar-refractivity contribution >= 4 is 37.5 Å². The standard InChI is InChI=1S/C24H22BrN7O4S/c1-11-27-23(32(30-11)16-9-18-15(8-14(16)25)28-12(2)37-18)22-20(33)19(29-31-26)21-17(35-22)10-34-24(36-21)13-6-4-3-5-7-13/h3-9,17,19-22,24,33H,10H2,1-2H3/t17-,19-,20-,21+,22-,24?/m1/s1. The molecule has 0 amide bonds. The number of hydrogen-bond acceptors (Lipinski definition) is 9. The molecule has 13 heteroatoms. The van der Waals surface area contributed by atoms with Gasteiger partial charge in [-0.15, -0.1) is 11.3 Å². The molecule has 11 nitrogen and oxygen atoms in total. The summed E-state index contributed by atoms with van der Waals surface area (Å²) >= 11 is 5.21. The third-order valence-electron chi connectivity index (χ3n) is 6.42. The summed E-state index contributed by atoms with van der Waals surface area (Å²) in [5, 5.41) is 20.9. The van der Waals surface area contributed by atoms with Crippen molar-refractivity contribution in [2.75, 3.05) is 6.61 Å². The molecule has 2 saturated heterocycles. The van der Waals surface area contributed by atoms with Crippen LogP contribution in [0, 0.1) is 13.8 Å². The largest absolute Gasteiger partial charge is 0.389 e. The summed E-state index contributed by atoms with van der Waals surface area (Å²) in [6, 6.07) is 12.4. The highest BCUT2D eigenvalue weighted by molar-refractivity contribution is 9.10. The molecule has 0 aliphatic carbocycles. The predicted molar refractivity (Wildman–Crippen MR) is 138 cm³/mol. The number of halogens is 1. The lowest BCUT2D eigenvalue weighted by molar-refractivity contribution is -0.309. The number of rotatable bonds is 4. The van der Waals surface area contributed by atoms with Gasteiger partial charge in [-0.25, -0.2) is 14.6 Å². The molecule has 2 aliphatic rings. The van der Waals surface area contributed by atoms with E-state index in [2.05, 4.69) is 41.0 Å². The van der Waals surface area contributed by atoms with Crippen molar-refractivity contribution in [2.45, 2.75) is 50.6 Å². The molecule has 0 bridgehead atoms. The Balaban J connectivity index is 1.36. The van der Waals surface area contributed by atoms with E-state index in [9.17, 15) is 10.6 Å². The maximum atomic E-state index is 11.4. The number of aryl methyl sites for hydroxylation is 2. The molecular formula is C24H22BrN7O4S. The molecule has 6 atom stereocenters. The van der Waals surface area contributed by atoms with Crippen molar-refractivity contribution in [2.24, 2.45) is 5.11 Å². The second-order valence-electron chi connectivity index (χ2n) is 8.89. The molecule has 1 N–H and O–H groups in total. The van der Waals surface area contributed by atoms with E-state index in [1.807, 2.05) is 49.4 Å². The monoisotopic (exact) mass is 583 g/mol. The highest BCUT2D eigenvalue weighted by Gasteiger charge is 2.51. The minimum Gasteiger partial charge on any atom is -0.389 e. The van der Waals surface area contributed by atoms with Crippen molar-refractivity contribution in [3.8, 4) is 5.69 Å². The lowest BCUT2D eigenvalue weighted by atomic mass is 9.91. The van der Waals surface area contributed by atoms with E-state index in [4.69, 9.17) is 14.2 Å². The van der Waals surface area contributed by atoms with Crippen LogP contribution in [0.15, 0.2) is 52.1 Å². The molecule has 0 radical (unpaired) electrons. The number of nitrogens with zero attached hydrogens (tertiary/aromatic N) is 7. The molecule has 2 aliphatic heterocycles. The van der Waals surface area contributed by atoms with Crippen LogP contribution >= 0.6 is 27.3 Å². The number of azide groups is 1. The van der Waals surface area contributed by atoms with Crippen molar-refractivity contribution in [3.05, 3.63) is 79.6 Å². The predicted octanol–water partition coefficient (Wildman–Crippen LogP) is 4.85. The molecule has 1 unspecified atom stereocenters. The molecule has 4 aromatic rings. The smallest absolute Gasteiger partial charge is 0.184 e. The third kappa shape index (κ3) is 4.42. The third-order valence-corrected chi connectivity index (χ3v) is 7.99. The molecule has 4 heterocycles. The Kier molecular flexibility index (Phi) is 6.45. The number of fused-ring (bicyclic) bond motifs is 2. The maximum Gasteiger partial charge on any atom is 0.184 e. The van der Waals surface area contributed by atoms with Crippen molar-refractivity contribution in [1.29, 1.82) is 0 Å². The van der Waals surface area contributed by atoms with E-state index in [-0.39, 0.29) is 6.61 Å². The van der Waals surface area contributed by atoms with Gasteiger partial charge < -0.3 is 19.3 Å². The summed E-state index contributed by atoms with van der Waals surface area (Å²) in [6.45, 7) is 3.91. The van der Waals surface area contributed by atoms with Gasteiger partial charge in [0.2, 0.25) is 0 Å². The molecule has 190 valence electrons. The average molecular weight is 584 g/mol. The van der Waals surface area contributed by atoms with E-state index in [0.29, 0.717) is 11.6 Å². The molecule has 2 aromatic carbocycles. The molecule has 0 spiro atoms. The zero-order valence-corrected chi connectivity index (χ0v) is 22.2. The summed E-state index contributed by atoms with van der Waals surface area (Å²) in [6.07, 6.45) is -4.14. The Labute approximate surface area is 223 Å². The Bertz CT molecular complexity index is 1510. The van der Waals surface area contributed by atoms with Crippen LogP contribution in [0.3, 0.4) is 0 Å². The van der Waals surface area contributed by atoms with Gasteiger partial charge in [0.1, 0.15) is 24.1 Å². The molecule has 6 rings (SSSR count). The van der Waals surface area contributed by atoms with Crippen LogP contribution in [0.4, 0.5) is 0 Å². The first kappa shape index (κ1) is 24.4. The SMILES string of the molecule is Cc1nc([C@@H]2O[C@@H]3COC(c4ccccc4)O[C@@H]3[C@H](N=[N+]=[N-])[C@H]2O)n(-c2cc3sc(C)nc3cc2Br)n1. The van der Waals surface area contributed by atoms with Crippen LogP contribution in [0.2, 0.25) is 0 Å². The Morgan fingerprint density at radius 2 is 2.00 bits per heavy atom. The quantitative estimate of drug-likeness (QED) is 0.205. The Hall–Kier alpha value is -2.90. The number of thiazole rings is 1. The normalized spacial score (nSPS) is 27.6. The number of benzene rings is 2. The highest BCUT2D eigenvalue weighted by atomic mass is 79.9. The molecular weight excluding hydrogens is 562 g/mol. The number of aromatic nitrogens is 4. The van der Waals surface area contributed by atoms with Crippen LogP contribution in [0.5, 0.6) is 0 Å². The number of hydrogen-bond donors (Lipinski definition) is 1. The second-order valence-corrected chi connectivity index (χ2v) is 11.0. The van der Waals surface area contributed by atoms with Crippen LogP contribution < -0.4 is 0 Å². The van der Waals surface area contributed by atoms with E-state index >= 15 is 0 Å². The summed E-state index contributed by atoms with van der Waals surface area (Å²) in [5.74, 6) is 0.883. The number of ether oxygens (including phenoxy) is 3. The minimum atomic E-state index is -1.23.